The molecule has 0 radical (unpaired) electrons. The molecule has 22 heavy (non-hydrogen) atoms. The highest BCUT2D eigenvalue weighted by molar-refractivity contribution is 6.36. The predicted molar refractivity (Wildman–Crippen MR) is 85.0 cm³/mol. The van der Waals surface area contributed by atoms with Crippen LogP contribution in [0.4, 0.5) is 5.69 Å². The summed E-state index contributed by atoms with van der Waals surface area (Å²) >= 11 is 17.7. The number of rotatable bonds is 3. The minimum Gasteiger partial charge on any atom is -0.465 e. The Morgan fingerprint density at radius 2 is 1.77 bits per heavy atom. The van der Waals surface area contributed by atoms with Crippen molar-refractivity contribution in [1.29, 1.82) is 0 Å². The van der Waals surface area contributed by atoms with Crippen LogP contribution in [-0.2, 0) is 4.74 Å². The van der Waals surface area contributed by atoms with E-state index >= 15 is 0 Å². The number of nitrogens with one attached hydrogen (secondary N) is 1. The molecule has 0 saturated carbocycles. The number of nitrogens with zero attached hydrogens (tertiary/aromatic N) is 1. The van der Waals surface area contributed by atoms with Crippen LogP contribution in [0.25, 0.3) is 0 Å². The van der Waals surface area contributed by atoms with Crippen LogP contribution in [0.15, 0.2) is 30.3 Å². The number of carbonyl (C=O) groups excluding carboxylic acids is 2. The van der Waals surface area contributed by atoms with Crippen LogP contribution in [0.5, 0.6) is 0 Å². The highest BCUT2D eigenvalue weighted by Gasteiger charge is 2.16. The van der Waals surface area contributed by atoms with Crippen molar-refractivity contribution in [2.24, 2.45) is 0 Å². The van der Waals surface area contributed by atoms with Crippen molar-refractivity contribution in [3.8, 4) is 0 Å². The molecule has 1 heterocycles. The first-order valence-electron chi connectivity index (χ1n) is 5.93. The topological polar surface area (TPSA) is 68.3 Å². The monoisotopic (exact) mass is 358 g/mol. The van der Waals surface area contributed by atoms with E-state index in [4.69, 9.17) is 34.8 Å². The zero-order valence-corrected chi connectivity index (χ0v) is 13.5. The van der Waals surface area contributed by atoms with Gasteiger partial charge in [0.2, 0.25) is 0 Å². The van der Waals surface area contributed by atoms with Crippen LogP contribution >= 0.6 is 34.8 Å². The first-order valence-corrected chi connectivity index (χ1v) is 7.07. The fourth-order valence-electron chi connectivity index (χ4n) is 1.62. The number of anilines is 1. The smallest absolute Gasteiger partial charge is 0.337 e. The molecule has 0 saturated heterocycles. The molecule has 0 aliphatic heterocycles. The third-order valence-electron chi connectivity index (χ3n) is 2.66. The lowest BCUT2D eigenvalue weighted by Gasteiger charge is -2.09. The van der Waals surface area contributed by atoms with Crippen LogP contribution < -0.4 is 5.32 Å². The van der Waals surface area contributed by atoms with Gasteiger partial charge in [0.15, 0.2) is 0 Å². The SMILES string of the molecule is COC(=O)c1ccc(Cl)c(NC(=O)c2nc(Cl)ccc2Cl)c1. The quantitative estimate of drug-likeness (QED) is 0.662. The van der Waals surface area contributed by atoms with E-state index in [9.17, 15) is 9.59 Å². The fourth-order valence-corrected chi connectivity index (χ4v) is 2.13. The third kappa shape index (κ3) is 3.68. The van der Waals surface area contributed by atoms with Gasteiger partial charge in [-0.3, -0.25) is 4.79 Å². The normalized spacial score (nSPS) is 10.2. The maximum absolute atomic E-state index is 12.2. The lowest BCUT2D eigenvalue weighted by atomic mass is 10.2. The Bertz CT molecular complexity index is 750. The van der Waals surface area contributed by atoms with E-state index in [0.29, 0.717) is 0 Å². The maximum Gasteiger partial charge on any atom is 0.337 e. The number of aromatic nitrogens is 1. The van der Waals surface area contributed by atoms with Gasteiger partial charge in [-0.05, 0) is 30.3 Å². The first-order chi connectivity index (χ1) is 10.4. The van der Waals surface area contributed by atoms with Crippen LogP contribution in [0.3, 0.4) is 0 Å². The summed E-state index contributed by atoms with van der Waals surface area (Å²) < 4.78 is 4.61. The van der Waals surface area contributed by atoms with Gasteiger partial charge in [0.05, 0.1) is 28.4 Å². The molecule has 2 aromatic rings. The molecule has 114 valence electrons. The van der Waals surface area contributed by atoms with Crippen LogP contribution in [0.1, 0.15) is 20.8 Å². The van der Waals surface area contributed by atoms with Gasteiger partial charge < -0.3 is 10.1 Å². The number of esters is 1. The highest BCUT2D eigenvalue weighted by atomic mass is 35.5. The molecule has 8 heteroatoms. The van der Waals surface area contributed by atoms with Crippen molar-refractivity contribution in [3.63, 3.8) is 0 Å². The fraction of sp³-hybridized carbons (Fsp3) is 0.0714. The molecular formula is C14H9Cl3N2O3. The molecular weight excluding hydrogens is 351 g/mol. The van der Waals surface area contributed by atoms with Crippen molar-refractivity contribution in [2.45, 2.75) is 0 Å². The number of halogens is 3. The van der Waals surface area contributed by atoms with E-state index in [1.54, 1.807) is 0 Å². The number of carbonyl (C=O) groups is 2. The van der Waals surface area contributed by atoms with E-state index < -0.39 is 11.9 Å². The summed E-state index contributed by atoms with van der Waals surface area (Å²) in [6, 6.07) is 7.26. The second kappa shape index (κ2) is 6.96. The minimum absolute atomic E-state index is 0.0475. The maximum atomic E-state index is 12.2. The molecule has 1 aromatic carbocycles. The molecule has 5 nitrogen and oxygen atoms in total. The zero-order chi connectivity index (χ0) is 16.3. The summed E-state index contributed by atoms with van der Waals surface area (Å²) in [5.74, 6) is -1.15. The van der Waals surface area contributed by atoms with Gasteiger partial charge in [-0.25, -0.2) is 9.78 Å². The second-order valence-corrected chi connectivity index (χ2v) is 5.31. The van der Waals surface area contributed by atoms with Crippen LogP contribution in [0.2, 0.25) is 15.2 Å². The number of benzene rings is 1. The Hall–Kier alpha value is -1.82. The third-order valence-corrected chi connectivity index (χ3v) is 3.51. The van der Waals surface area contributed by atoms with Crippen LogP contribution in [0, 0.1) is 0 Å². The Morgan fingerprint density at radius 1 is 1.09 bits per heavy atom. The van der Waals surface area contributed by atoms with E-state index in [-0.39, 0.29) is 32.1 Å². The molecule has 1 N–H and O–H groups in total. The summed E-state index contributed by atoms with van der Waals surface area (Å²) in [6.45, 7) is 0. The first kappa shape index (κ1) is 16.5. The molecule has 2 rings (SSSR count). The molecule has 0 fully saturated rings. The second-order valence-electron chi connectivity index (χ2n) is 4.10. The summed E-state index contributed by atoms with van der Waals surface area (Å²) in [5, 5.41) is 3.05. The van der Waals surface area contributed by atoms with Gasteiger partial charge in [-0.15, -0.1) is 0 Å². The van der Waals surface area contributed by atoms with Crippen molar-refractivity contribution in [1.82, 2.24) is 4.98 Å². The lowest BCUT2D eigenvalue weighted by Crippen LogP contribution is -2.15. The standard InChI is InChI=1S/C14H9Cl3N2O3/c1-22-14(21)7-2-3-8(15)10(6-7)18-13(20)12-9(16)4-5-11(17)19-12/h2-6H,1H3,(H,18,20). The van der Waals surface area contributed by atoms with Gasteiger partial charge in [-0.1, -0.05) is 34.8 Å². The Balaban J connectivity index is 2.32. The van der Waals surface area contributed by atoms with Gasteiger partial charge in [0, 0.05) is 0 Å². The molecule has 0 unspecified atom stereocenters. The average Bonchev–Trinajstić information content (AvgIpc) is 2.50. The van der Waals surface area contributed by atoms with E-state index in [1.807, 2.05) is 0 Å². The predicted octanol–water partition coefficient (Wildman–Crippen LogP) is 4.08. The number of hydrogen-bond donors (Lipinski definition) is 1. The number of methoxy groups -OCH3 is 1. The molecule has 0 aliphatic rings. The van der Waals surface area contributed by atoms with E-state index in [1.165, 1.54) is 37.4 Å². The lowest BCUT2D eigenvalue weighted by molar-refractivity contribution is 0.0600. The van der Waals surface area contributed by atoms with Crippen molar-refractivity contribution in [2.75, 3.05) is 12.4 Å². The summed E-state index contributed by atoms with van der Waals surface area (Å²) in [7, 11) is 1.25. The van der Waals surface area contributed by atoms with Crippen molar-refractivity contribution < 1.29 is 14.3 Å². The molecule has 0 spiro atoms. The Morgan fingerprint density at radius 3 is 2.45 bits per heavy atom. The summed E-state index contributed by atoms with van der Waals surface area (Å²) in [6.07, 6.45) is 0. The largest absolute Gasteiger partial charge is 0.465 e. The number of ether oxygens (including phenoxy) is 1. The minimum atomic E-state index is -0.601. The van der Waals surface area contributed by atoms with E-state index in [2.05, 4.69) is 15.0 Å². The van der Waals surface area contributed by atoms with Gasteiger partial charge >= 0.3 is 5.97 Å². The zero-order valence-electron chi connectivity index (χ0n) is 11.2. The van der Waals surface area contributed by atoms with Crippen molar-refractivity contribution in [3.05, 3.63) is 56.8 Å². The number of pyridine rings is 1. The molecule has 0 atom stereocenters. The summed E-state index contributed by atoms with van der Waals surface area (Å²) in [4.78, 5) is 27.6. The molecule has 1 aromatic heterocycles. The van der Waals surface area contributed by atoms with Gasteiger partial charge in [0.25, 0.3) is 5.91 Å². The highest BCUT2D eigenvalue weighted by Crippen LogP contribution is 2.25. The van der Waals surface area contributed by atoms with E-state index in [0.717, 1.165) is 0 Å². The van der Waals surface area contributed by atoms with Crippen molar-refractivity contribution >= 4 is 52.4 Å². The number of amides is 1. The molecule has 1 amide bonds. The molecule has 0 bridgehead atoms. The molecule has 0 aliphatic carbocycles. The average molecular weight is 360 g/mol. The Kier molecular flexibility index (Phi) is 5.24. The van der Waals surface area contributed by atoms with Gasteiger partial charge in [-0.2, -0.15) is 0 Å². The Labute approximate surface area is 141 Å². The van der Waals surface area contributed by atoms with Gasteiger partial charge in [0.1, 0.15) is 10.8 Å². The summed E-state index contributed by atoms with van der Waals surface area (Å²) in [5.41, 5.74) is 0.425. The number of hydrogen-bond acceptors (Lipinski definition) is 4. The van der Waals surface area contributed by atoms with Crippen LogP contribution in [-0.4, -0.2) is 24.0 Å².